The predicted octanol–water partition coefficient (Wildman–Crippen LogP) is 1.95. The summed E-state index contributed by atoms with van der Waals surface area (Å²) in [5, 5.41) is 9.77. The summed E-state index contributed by atoms with van der Waals surface area (Å²) >= 11 is 0. The zero-order valence-corrected chi connectivity index (χ0v) is 6.35. The highest BCUT2D eigenvalue weighted by atomic mass is 16.3. The van der Waals surface area contributed by atoms with Crippen molar-refractivity contribution in [2.24, 2.45) is 5.92 Å². The van der Waals surface area contributed by atoms with Gasteiger partial charge in [0.15, 0.2) is 0 Å². The molecule has 1 nitrogen and oxygen atoms in total. The molecule has 1 saturated carbocycles. The van der Waals surface area contributed by atoms with Crippen molar-refractivity contribution in [3.63, 3.8) is 0 Å². The Kier molecular flexibility index (Phi) is 1.80. The molecule has 0 aromatic heterocycles. The Morgan fingerprint density at radius 1 is 1.67 bits per heavy atom. The van der Waals surface area contributed by atoms with Crippen LogP contribution >= 0.6 is 0 Å². The largest absolute Gasteiger partial charge is 0.390 e. The van der Waals surface area contributed by atoms with Crippen molar-refractivity contribution in [2.75, 3.05) is 0 Å². The van der Waals surface area contributed by atoms with Gasteiger partial charge in [0.05, 0.1) is 5.60 Å². The van der Waals surface area contributed by atoms with Crippen LogP contribution in [0.5, 0.6) is 0 Å². The van der Waals surface area contributed by atoms with Gasteiger partial charge in [-0.05, 0) is 25.2 Å². The van der Waals surface area contributed by atoms with Gasteiger partial charge < -0.3 is 5.11 Å². The van der Waals surface area contributed by atoms with E-state index in [2.05, 4.69) is 13.8 Å². The Labute approximate surface area is 57.1 Å². The van der Waals surface area contributed by atoms with Crippen LogP contribution in [0.2, 0.25) is 0 Å². The second kappa shape index (κ2) is 2.30. The molecule has 0 radical (unpaired) electrons. The van der Waals surface area contributed by atoms with Gasteiger partial charge in [0.2, 0.25) is 0 Å². The van der Waals surface area contributed by atoms with Gasteiger partial charge in [-0.15, -0.1) is 0 Å². The van der Waals surface area contributed by atoms with Crippen LogP contribution in [0.3, 0.4) is 0 Å². The lowest BCUT2D eigenvalue weighted by Gasteiger charge is -2.25. The highest BCUT2D eigenvalue weighted by Crippen LogP contribution is 2.37. The lowest BCUT2D eigenvalue weighted by atomic mass is 9.90. The van der Waals surface area contributed by atoms with Gasteiger partial charge in [-0.2, -0.15) is 0 Å². The summed E-state index contributed by atoms with van der Waals surface area (Å²) in [6.45, 7) is 4.22. The average Bonchev–Trinajstić information content (AvgIpc) is 2.15. The Morgan fingerprint density at radius 2 is 2.33 bits per heavy atom. The van der Waals surface area contributed by atoms with E-state index in [9.17, 15) is 5.11 Å². The zero-order chi connectivity index (χ0) is 6.91. The van der Waals surface area contributed by atoms with E-state index < -0.39 is 0 Å². The smallest absolute Gasteiger partial charge is 0.0670 e. The van der Waals surface area contributed by atoms with Crippen molar-refractivity contribution >= 4 is 0 Å². The Hall–Kier alpha value is -0.0400. The second-order valence-corrected chi connectivity index (χ2v) is 3.25. The van der Waals surface area contributed by atoms with Crippen LogP contribution in [-0.2, 0) is 0 Å². The monoisotopic (exact) mass is 128 g/mol. The van der Waals surface area contributed by atoms with E-state index >= 15 is 0 Å². The Morgan fingerprint density at radius 3 is 2.56 bits per heavy atom. The molecule has 0 heterocycles. The third kappa shape index (κ3) is 1.11. The van der Waals surface area contributed by atoms with Gasteiger partial charge in [-0.3, -0.25) is 0 Å². The first-order valence-corrected chi connectivity index (χ1v) is 3.91. The zero-order valence-electron chi connectivity index (χ0n) is 6.35. The maximum absolute atomic E-state index is 9.77. The molecule has 1 aliphatic rings. The van der Waals surface area contributed by atoms with Gasteiger partial charge in [0.25, 0.3) is 0 Å². The molecular formula is C8H16O. The van der Waals surface area contributed by atoms with Crippen LogP contribution in [0.25, 0.3) is 0 Å². The molecule has 9 heavy (non-hydrogen) atoms. The van der Waals surface area contributed by atoms with E-state index in [0.29, 0.717) is 5.92 Å². The average molecular weight is 128 g/mol. The number of hydrogen-bond donors (Lipinski definition) is 1. The molecule has 0 bridgehead atoms. The fraction of sp³-hybridized carbons (Fsp3) is 1.00. The molecule has 1 aliphatic carbocycles. The third-order valence-electron chi connectivity index (χ3n) is 2.78. The first-order valence-electron chi connectivity index (χ1n) is 3.91. The molecule has 1 fully saturated rings. The van der Waals surface area contributed by atoms with E-state index in [0.717, 1.165) is 12.8 Å². The molecule has 0 saturated heterocycles. The fourth-order valence-corrected chi connectivity index (χ4v) is 1.75. The second-order valence-electron chi connectivity index (χ2n) is 3.25. The molecule has 0 spiro atoms. The SMILES string of the molecule is CC[C@]1(O)CCC[C@H]1C. The summed E-state index contributed by atoms with van der Waals surface area (Å²) in [6.07, 6.45) is 4.37. The van der Waals surface area contributed by atoms with Crippen molar-refractivity contribution in [1.82, 2.24) is 0 Å². The van der Waals surface area contributed by atoms with E-state index in [1.54, 1.807) is 0 Å². The molecule has 0 amide bonds. The summed E-state index contributed by atoms with van der Waals surface area (Å²) in [4.78, 5) is 0. The fourth-order valence-electron chi connectivity index (χ4n) is 1.75. The maximum atomic E-state index is 9.77. The lowest BCUT2D eigenvalue weighted by molar-refractivity contribution is 0.00561. The molecule has 0 aromatic carbocycles. The number of aliphatic hydroxyl groups is 1. The normalized spacial score (nSPS) is 43.7. The van der Waals surface area contributed by atoms with Gasteiger partial charge in [-0.25, -0.2) is 0 Å². The molecule has 0 unspecified atom stereocenters. The summed E-state index contributed by atoms with van der Waals surface area (Å²) in [5.41, 5.74) is -0.306. The van der Waals surface area contributed by atoms with Crippen molar-refractivity contribution in [3.05, 3.63) is 0 Å². The first-order chi connectivity index (χ1) is 4.19. The maximum Gasteiger partial charge on any atom is 0.0670 e. The summed E-state index contributed by atoms with van der Waals surface area (Å²) in [6, 6.07) is 0. The summed E-state index contributed by atoms with van der Waals surface area (Å²) in [5.74, 6) is 0.530. The van der Waals surface area contributed by atoms with Gasteiger partial charge >= 0.3 is 0 Å². The molecule has 1 rings (SSSR count). The first kappa shape index (κ1) is 7.07. The predicted molar refractivity (Wildman–Crippen MR) is 38.3 cm³/mol. The van der Waals surface area contributed by atoms with Crippen LogP contribution < -0.4 is 0 Å². The van der Waals surface area contributed by atoms with E-state index in [1.165, 1.54) is 12.8 Å². The molecule has 0 aliphatic heterocycles. The quantitative estimate of drug-likeness (QED) is 0.572. The minimum absolute atomic E-state index is 0.306. The van der Waals surface area contributed by atoms with Crippen LogP contribution in [0.4, 0.5) is 0 Å². The topological polar surface area (TPSA) is 20.2 Å². The standard InChI is InChI=1S/C8H16O/c1-3-8(9)6-4-5-7(8)2/h7,9H,3-6H2,1-2H3/t7-,8+/m1/s1. The van der Waals surface area contributed by atoms with Gasteiger partial charge in [0.1, 0.15) is 0 Å². The van der Waals surface area contributed by atoms with Crippen LogP contribution in [0.1, 0.15) is 39.5 Å². The molecule has 1 N–H and O–H groups in total. The van der Waals surface area contributed by atoms with Crippen molar-refractivity contribution in [1.29, 1.82) is 0 Å². The highest BCUT2D eigenvalue weighted by molar-refractivity contribution is 4.88. The minimum Gasteiger partial charge on any atom is -0.390 e. The number of rotatable bonds is 1. The lowest BCUT2D eigenvalue weighted by Crippen LogP contribution is -2.29. The van der Waals surface area contributed by atoms with Crippen molar-refractivity contribution < 1.29 is 5.11 Å². The van der Waals surface area contributed by atoms with E-state index in [4.69, 9.17) is 0 Å². The van der Waals surface area contributed by atoms with Crippen molar-refractivity contribution in [3.8, 4) is 0 Å². The van der Waals surface area contributed by atoms with Crippen LogP contribution in [0.15, 0.2) is 0 Å². The number of hydrogen-bond acceptors (Lipinski definition) is 1. The Bertz CT molecular complexity index is 101. The van der Waals surface area contributed by atoms with Crippen LogP contribution in [-0.4, -0.2) is 10.7 Å². The summed E-state index contributed by atoms with van der Waals surface area (Å²) in [7, 11) is 0. The van der Waals surface area contributed by atoms with E-state index in [-0.39, 0.29) is 5.60 Å². The highest BCUT2D eigenvalue weighted by Gasteiger charge is 2.35. The molecular weight excluding hydrogens is 112 g/mol. The van der Waals surface area contributed by atoms with Gasteiger partial charge in [-0.1, -0.05) is 20.3 Å². The van der Waals surface area contributed by atoms with Crippen molar-refractivity contribution in [2.45, 2.75) is 45.1 Å². The van der Waals surface area contributed by atoms with Crippen LogP contribution in [0, 0.1) is 5.92 Å². The Balaban J connectivity index is 2.56. The molecule has 54 valence electrons. The minimum atomic E-state index is -0.306. The molecule has 0 aromatic rings. The molecule has 2 atom stereocenters. The van der Waals surface area contributed by atoms with Gasteiger partial charge in [0, 0.05) is 0 Å². The summed E-state index contributed by atoms with van der Waals surface area (Å²) < 4.78 is 0. The third-order valence-corrected chi connectivity index (χ3v) is 2.78. The van der Waals surface area contributed by atoms with E-state index in [1.807, 2.05) is 0 Å². The molecule has 1 heteroatoms.